The summed E-state index contributed by atoms with van der Waals surface area (Å²) in [5, 5.41) is 17.0. The van der Waals surface area contributed by atoms with Gasteiger partial charge in [0.2, 0.25) is 0 Å². The average molecular weight is 422 g/mol. The molecule has 4 rings (SSSR count). The van der Waals surface area contributed by atoms with Gasteiger partial charge in [-0.2, -0.15) is 0 Å². The second kappa shape index (κ2) is 9.92. The van der Waals surface area contributed by atoms with Crippen LogP contribution in [-0.4, -0.2) is 33.2 Å². The lowest BCUT2D eigenvalue weighted by atomic mass is 10.2. The minimum Gasteiger partial charge on any atom is -0.459 e. The van der Waals surface area contributed by atoms with Gasteiger partial charge in [0.25, 0.3) is 5.91 Å². The van der Waals surface area contributed by atoms with Crippen molar-refractivity contribution < 1.29 is 14.0 Å². The molecule has 9 nitrogen and oxygen atoms in total. The molecular weight excluding hydrogens is 396 g/mol. The summed E-state index contributed by atoms with van der Waals surface area (Å²) in [5.74, 6) is 1.90. The van der Waals surface area contributed by atoms with E-state index >= 15 is 0 Å². The molecule has 0 fully saturated rings. The minimum absolute atomic E-state index is 0.243. The van der Waals surface area contributed by atoms with E-state index in [-0.39, 0.29) is 17.7 Å². The number of fused-ring (bicyclic) bond motifs is 1. The predicted octanol–water partition coefficient (Wildman–Crippen LogP) is 2.89. The highest BCUT2D eigenvalue weighted by molar-refractivity contribution is 6.02. The number of rotatable bonds is 7. The summed E-state index contributed by atoms with van der Waals surface area (Å²) in [6, 6.07) is 10.3. The third-order valence-corrected chi connectivity index (χ3v) is 5.20. The molecule has 3 N–H and O–H groups in total. The van der Waals surface area contributed by atoms with E-state index < -0.39 is 0 Å². The van der Waals surface area contributed by atoms with Crippen molar-refractivity contribution >= 4 is 17.6 Å². The van der Waals surface area contributed by atoms with E-state index in [0.29, 0.717) is 25.2 Å². The molecule has 0 unspecified atom stereocenters. The maximum absolute atomic E-state index is 12.2. The lowest BCUT2D eigenvalue weighted by Crippen LogP contribution is -2.36. The number of urea groups is 1. The van der Waals surface area contributed by atoms with Crippen molar-refractivity contribution in [2.45, 2.75) is 45.2 Å². The molecule has 1 aliphatic heterocycles. The molecule has 2 aromatic heterocycles. The molecule has 0 bridgehead atoms. The number of benzene rings is 1. The molecule has 3 aromatic rings. The fraction of sp³-hybridized carbons (Fsp3) is 0.364. The molecule has 1 aromatic carbocycles. The molecule has 1 aliphatic rings. The van der Waals surface area contributed by atoms with E-state index in [1.165, 1.54) is 12.7 Å². The van der Waals surface area contributed by atoms with Gasteiger partial charge in [-0.1, -0.05) is 18.6 Å². The maximum Gasteiger partial charge on any atom is 0.315 e. The number of aryl methyl sites for hydroxylation is 1. The summed E-state index contributed by atoms with van der Waals surface area (Å²) in [7, 11) is 0. The Hall–Kier alpha value is -3.62. The van der Waals surface area contributed by atoms with Crippen molar-refractivity contribution in [3.8, 4) is 0 Å². The molecule has 0 aliphatic carbocycles. The number of furan rings is 1. The number of carbonyl (C=O) groups is 2. The van der Waals surface area contributed by atoms with Gasteiger partial charge in [0.1, 0.15) is 11.6 Å². The SMILES string of the molecule is O=C(NCCc1nnc2n1CCCCC2)NCc1cccc(NC(=O)c2ccco2)c1. The van der Waals surface area contributed by atoms with Gasteiger partial charge in [-0.25, -0.2) is 4.79 Å². The predicted molar refractivity (Wildman–Crippen MR) is 115 cm³/mol. The summed E-state index contributed by atoms with van der Waals surface area (Å²) < 4.78 is 7.28. The quantitative estimate of drug-likeness (QED) is 0.542. The van der Waals surface area contributed by atoms with Crippen molar-refractivity contribution in [3.63, 3.8) is 0 Å². The number of amides is 3. The number of nitrogens with zero attached hydrogens (tertiary/aromatic N) is 3. The molecule has 0 saturated carbocycles. The second-order valence-electron chi connectivity index (χ2n) is 7.49. The number of aromatic nitrogens is 3. The molecular formula is C22H26N6O3. The van der Waals surface area contributed by atoms with Crippen LogP contribution in [0.4, 0.5) is 10.5 Å². The van der Waals surface area contributed by atoms with Crippen LogP contribution in [0.3, 0.4) is 0 Å². The smallest absolute Gasteiger partial charge is 0.315 e. The number of carbonyl (C=O) groups excluding carboxylic acids is 2. The Morgan fingerprint density at radius 1 is 1.06 bits per heavy atom. The van der Waals surface area contributed by atoms with Crippen LogP contribution in [0.1, 0.15) is 47.0 Å². The van der Waals surface area contributed by atoms with Crippen LogP contribution < -0.4 is 16.0 Å². The Kier molecular flexibility index (Phi) is 6.61. The highest BCUT2D eigenvalue weighted by atomic mass is 16.3. The Bertz CT molecular complexity index is 1030. The molecule has 0 spiro atoms. The lowest BCUT2D eigenvalue weighted by molar-refractivity contribution is 0.0996. The first-order chi connectivity index (χ1) is 15.2. The van der Waals surface area contributed by atoms with Crippen molar-refractivity contribution in [2.75, 3.05) is 11.9 Å². The lowest BCUT2D eigenvalue weighted by Gasteiger charge is -2.10. The van der Waals surface area contributed by atoms with Gasteiger partial charge in [0.15, 0.2) is 5.76 Å². The van der Waals surface area contributed by atoms with Crippen LogP contribution in [0.2, 0.25) is 0 Å². The number of nitrogens with one attached hydrogen (secondary N) is 3. The number of hydrogen-bond acceptors (Lipinski definition) is 5. The molecule has 0 saturated heterocycles. The fourth-order valence-electron chi connectivity index (χ4n) is 3.62. The topological polar surface area (TPSA) is 114 Å². The van der Waals surface area contributed by atoms with E-state index in [9.17, 15) is 9.59 Å². The minimum atomic E-state index is -0.320. The van der Waals surface area contributed by atoms with Gasteiger partial charge in [-0.15, -0.1) is 10.2 Å². The van der Waals surface area contributed by atoms with Crippen molar-refractivity contribution in [3.05, 3.63) is 65.6 Å². The first-order valence-electron chi connectivity index (χ1n) is 10.6. The van der Waals surface area contributed by atoms with Gasteiger partial charge < -0.3 is 24.9 Å². The zero-order chi connectivity index (χ0) is 21.5. The third kappa shape index (κ3) is 5.50. The first-order valence-corrected chi connectivity index (χ1v) is 10.6. The summed E-state index contributed by atoms with van der Waals surface area (Å²) in [5.41, 5.74) is 1.50. The van der Waals surface area contributed by atoms with Crippen LogP contribution >= 0.6 is 0 Å². The van der Waals surface area contributed by atoms with Gasteiger partial charge in [0, 0.05) is 38.2 Å². The average Bonchev–Trinajstić information content (AvgIpc) is 3.38. The van der Waals surface area contributed by atoms with E-state index in [2.05, 4.69) is 30.7 Å². The number of anilines is 1. The molecule has 31 heavy (non-hydrogen) atoms. The Labute approximate surface area is 180 Å². The molecule has 162 valence electrons. The normalized spacial score (nSPS) is 13.2. The monoisotopic (exact) mass is 422 g/mol. The van der Waals surface area contributed by atoms with Crippen molar-refractivity contribution in [1.29, 1.82) is 0 Å². The van der Waals surface area contributed by atoms with Crippen molar-refractivity contribution in [1.82, 2.24) is 25.4 Å². The summed E-state index contributed by atoms with van der Waals surface area (Å²) in [4.78, 5) is 24.2. The summed E-state index contributed by atoms with van der Waals surface area (Å²) >= 11 is 0. The Morgan fingerprint density at radius 2 is 2.00 bits per heavy atom. The highest BCUT2D eigenvalue weighted by Crippen LogP contribution is 2.15. The Balaban J connectivity index is 1.22. The standard InChI is InChI=1S/C22H26N6O3/c29-21(18-8-5-13-31-18)25-17-7-4-6-16(14-17)15-24-22(30)23-11-10-20-27-26-19-9-2-1-3-12-28(19)20/h4-8,13-14H,1-3,9-12,15H2,(H,25,29)(H2,23,24,30). The molecule has 0 radical (unpaired) electrons. The fourth-order valence-corrected chi connectivity index (χ4v) is 3.62. The van der Waals surface area contributed by atoms with Crippen LogP contribution in [-0.2, 0) is 25.9 Å². The maximum atomic E-state index is 12.2. The highest BCUT2D eigenvalue weighted by Gasteiger charge is 2.14. The molecule has 3 heterocycles. The van der Waals surface area contributed by atoms with Crippen LogP contribution in [0.15, 0.2) is 47.1 Å². The molecule has 3 amide bonds. The summed E-state index contributed by atoms with van der Waals surface area (Å²) in [6.07, 6.45) is 6.60. The Morgan fingerprint density at radius 3 is 2.87 bits per heavy atom. The number of hydrogen-bond donors (Lipinski definition) is 3. The van der Waals surface area contributed by atoms with Crippen LogP contribution in [0, 0.1) is 0 Å². The third-order valence-electron chi connectivity index (χ3n) is 5.20. The van der Waals surface area contributed by atoms with E-state index in [4.69, 9.17) is 4.42 Å². The van der Waals surface area contributed by atoms with Crippen LogP contribution in [0.5, 0.6) is 0 Å². The zero-order valence-electron chi connectivity index (χ0n) is 17.3. The van der Waals surface area contributed by atoms with E-state index in [0.717, 1.165) is 43.0 Å². The largest absolute Gasteiger partial charge is 0.459 e. The first kappa shape index (κ1) is 20.6. The summed E-state index contributed by atoms with van der Waals surface area (Å²) in [6.45, 7) is 1.79. The van der Waals surface area contributed by atoms with Gasteiger partial charge in [0.05, 0.1) is 6.26 Å². The molecule has 0 atom stereocenters. The van der Waals surface area contributed by atoms with Crippen molar-refractivity contribution in [2.24, 2.45) is 0 Å². The van der Waals surface area contributed by atoms with Gasteiger partial charge >= 0.3 is 6.03 Å². The molecule has 9 heteroatoms. The zero-order valence-corrected chi connectivity index (χ0v) is 17.3. The second-order valence-corrected chi connectivity index (χ2v) is 7.49. The van der Waals surface area contributed by atoms with Crippen LogP contribution in [0.25, 0.3) is 0 Å². The van der Waals surface area contributed by atoms with E-state index in [1.807, 2.05) is 18.2 Å². The van der Waals surface area contributed by atoms with E-state index in [1.54, 1.807) is 18.2 Å². The van der Waals surface area contributed by atoms with Gasteiger partial charge in [-0.3, -0.25) is 4.79 Å². The van der Waals surface area contributed by atoms with Gasteiger partial charge in [-0.05, 0) is 42.7 Å².